The molecule has 1 N–H and O–H groups in total. The van der Waals surface area contributed by atoms with E-state index in [0.29, 0.717) is 17.3 Å². The zero-order chi connectivity index (χ0) is 15.2. The van der Waals surface area contributed by atoms with Crippen molar-refractivity contribution in [3.8, 4) is 23.5 Å². The van der Waals surface area contributed by atoms with E-state index in [1.165, 1.54) is 0 Å². The number of ether oxygens (including phenoxy) is 1. The molecule has 106 valence electrons. The molecule has 0 aliphatic heterocycles. The Hall–Kier alpha value is -2.80. The average molecular weight is 280 g/mol. The summed E-state index contributed by atoms with van der Waals surface area (Å²) in [6.45, 7) is 5.52. The first-order valence-electron chi connectivity index (χ1n) is 6.53. The minimum absolute atomic E-state index is 0.346. The molecule has 0 spiro atoms. The third kappa shape index (κ3) is 4.08. The number of rotatable bonds is 3. The lowest BCUT2D eigenvalue weighted by atomic mass is 10.2. The van der Waals surface area contributed by atoms with Gasteiger partial charge in [0.05, 0.1) is 0 Å². The van der Waals surface area contributed by atoms with Crippen molar-refractivity contribution in [2.75, 3.05) is 5.32 Å². The second-order valence-corrected chi connectivity index (χ2v) is 4.58. The maximum Gasteiger partial charge on any atom is 0.300 e. The van der Waals surface area contributed by atoms with Crippen LogP contribution in [0.5, 0.6) is 11.6 Å². The summed E-state index contributed by atoms with van der Waals surface area (Å²) in [6.07, 6.45) is 1.70. The number of amides is 1. The number of aromatic nitrogens is 1. The van der Waals surface area contributed by atoms with Crippen molar-refractivity contribution in [2.45, 2.75) is 20.8 Å². The van der Waals surface area contributed by atoms with Crippen molar-refractivity contribution in [1.82, 2.24) is 4.98 Å². The highest BCUT2D eigenvalue weighted by Gasteiger charge is 2.06. The largest absolute Gasteiger partial charge is 0.439 e. The lowest BCUT2D eigenvalue weighted by Gasteiger charge is -2.10. The fraction of sp³-hybridized carbons (Fsp3) is 0.176. The number of carbonyl (C=O) groups excluding carboxylic acids is 1. The Bertz CT molecular complexity index is 727. The topological polar surface area (TPSA) is 51.2 Å². The van der Waals surface area contributed by atoms with Crippen LogP contribution in [0.25, 0.3) is 0 Å². The number of hydrogen-bond donors (Lipinski definition) is 1. The standard InChI is InChI=1S/C17H16N2O2/c1-4-5-16(20)19-14-7-6-13(3)15(11-14)21-17-10-12(2)8-9-18-17/h6-11H,1-3H3,(H,19,20). The highest BCUT2D eigenvalue weighted by atomic mass is 16.5. The van der Waals surface area contributed by atoms with E-state index in [1.807, 2.05) is 32.0 Å². The van der Waals surface area contributed by atoms with Gasteiger partial charge in [-0.2, -0.15) is 0 Å². The summed E-state index contributed by atoms with van der Waals surface area (Å²) in [5.41, 5.74) is 2.66. The Labute approximate surface area is 124 Å². The highest BCUT2D eigenvalue weighted by Crippen LogP contribution is 2.27. The zero-order valence-electron chi connectivity index (χ0n) is 12.2. The van der Waals surface area contributed by atoms with Crippen LogP contribution in [0.2, 0.25) is 0 Å². The Balaban J connectivity index is 2.22. The minimum atomic E-state index is -0.346. The van der Waals surface area contributed by atoms with Crippen LogP contribution in [0.15, 0.2) is 36.5 Å². The minimum Gasteiger partial charge on any atom is -0.439 e. The molecule has 0 saturated carbocycles. The fourth-order valence-corrected chi connectivity index (χ4v) is 1.74. The second-order valence-electron chi connectivity index (χ2n) is 4.58. The van der Waals surface area contributed by atoms with Gasteiger partial charge >= 0.3 is 0 Å². The molecule has 0 aliphatic rings. The average Bonchev–Trinajstić information content (AvgIpc) is 2.43. The third-order valence-electron chi connectivity index (χ3n) is 2.79. The molecule has 21 heavy (non-hydrogen) atoms. The maximum atomic E-state index is 11.5. The summed E-state index contributed by atoms with van der Waals surface area (Å²) in [5.74, 6) is 5.81. The molecule has 0 bridgehead atoms. The van der Waals surface area contributed by atoms with Gasteiger partial charge < -0.3 is 10.1 Å². The summed E-state index contributed by atoms with van der Waals surface area (Å²) in [4.78, 5) is 15.6. The molecule has 4 heteroatoms. The number of nitrogens with zero attached hydrogens (tertiary/aromatic N) is 1. The predicted octanol–water partition coefficient (Wildman–Crippen LogP) is 3.45. The molecule has 1 aromatic heterocycles. The first-order chi connectivity index (χ1) is 10.1. The molecular weight excluding hydrogens is 264 g/mol. The SMILES string of the molecule is CC#CC(=O)Nc1ccc(C)c(Oc2cc(C)ccn2)c1. The molecule has 0 unspecified atom stereocenters. The molecule has 0 aliphatic carbocycles. The molecule has 0 fully saturated rings. The van der Waals surface area contributed by atoms with Crippen molar-refractivity contribution >= 4 is 11.6 Å². The van der Waals surface area contributed by atoms with Crippen molar-refractivity contribution in [2.24, 2.45) is 0 Å². The normalized spacial score (nSPS) is 9.48. The predicted molar refractivity (Wildman–Crippen MR) is 82.3 cm³/mol. The van der Waals surface area contributed by atoms with Crippen LogP contribution in [0.1, 0.15) is 18.1 Å². The van der Waals surface area contributed by atoms with E-state index in [4.69, 9.17) is 4.74 Å². The van der Waals surface area contributed by atoms with Crippen LogP contribution in [-0.2, 0) is 4.79 Å². The van der Waals surface area contributed by atoms with Crippen molar-refractivity contribution in [3.63, 3.8) is 0 Å². The summed E-state index contributed by atoms with van der Waals surface area (Å²) in [7, 11) is 0. The van der Waals surface area contributed by atoms with Crippen LogP contribution in [0.4, 0.5) is 5.69 Å². The fourth-order valence-electron chi connectivity index (χ4n) is 1.74. The molecule has 4 nitrogen and oxygen atoms in total. The van der Waals surface area contributed by atoms with E-state index in [0.717, 1.165) is 11.1 Å². The molecular formula is C17H16N2O2. The Morgan fingerprint density at radius 2 is 2.05 bits per heavy atom. The summed E-state index contributed by atoms with van der Waals surface area (Å²) in [5, 5.41) is 2.69. The monoisotopic (exact) mass is 280 g/mol. The molecule has 0 saturated heterocycles. The number of pyridine rings is 1. The van der Waals surface area contributed by atoms with Gasteiger partial charge in [-0.1, -0.05) is 12.0 Å². The Morgan fingerprint density at radius 3 is 2.76 bits per heavy atom. The van der Waals surface area contributed by atoms with Gasteiger partial charge in [0.25, 0.3) is 5.91 Å². The van der Waals surface area contributed by atoms with Gasteiger partial charge in [0, 0.05) is 24.0 Å². The summed E-state index contributed by atoms with van der Waals surface area (Å²) in [6, 6.07) is 9.20. The number of hydrogen-bond acceptors (Lipinski definition) is 3. The summed E-state index contributed by atoms with van der Waals surface area (Å²) >= 11 is 0. The maximum absolute atomic E-state index is 11.5. The van der Waals surface area contributed by atoms with Gasteiger partial charge in [-0.05, 0) is 50.0 Å². The van der Waals surface area contributed by atoms with E-state index in [-0.39, 0.29) is 5.91 Å². The molecule has 1 amide bonds. The van der Waals surface area contributed by atoms with Crippen LogP contribution in [-0.4, -0.2) is 10.9 Å². The Morgan fingerprint density at radius 1 is 1.24 bits per heavy atom. The smallest absolute Gasteiger partial charge is 0.300 e. The quantitative estimate of drug-likeness (QED) is 0.876. The van der Waals surface area contributed by atoms with Gasteiger partial charge in [0.2, 0.25) is 5.88 Å². The first-order valence-corrected chi connectivity index (χ1v) is 6.53. The Kier molecular flexibility index (Phi) is 4.57. The number of anilines is 1. The van der Waals surface area contributed by atoms with Gasteiger partial charge in [0.15, 0.2) is 0 Å². The summed E-state index contributed by atoms with van der Waals surface area (Å²) < 4.78 is 5.77. The molecule has 2 rings (SSSR count). The molecule has 2 aromatic rings. The van der Waals surface area contributed by atoms with E-state index in [9.17, 15) is 4.79 Å². The number of carbonyl (C=O) groups is 1. The van der Waals surface area contributed by atoms with Crippen molar-refractivity contribution < 1.29 is 9.53 Å². The van der Waals surface area contributed by atoms with Crippen molar-refractivity contribution in [1.29, 1.82) is 0 Å². The van der Waals surface area contributed by atoms with Crippen LogP contribution in [0.3, 0.4) is 0 Å². The van der Waals surface area contributed by atoms with Crippen LogP contribution >= 0.6 is 0 Å². The van der Waals surface area contributed by atoms with Crippen LogP contribution < -0.4 is 10.1 Å². The highest BCUT2D eigenvalue weighted by molar-refractivity contribution is 6.04. The van der Waals surface area contributed by atoms with E-state index in [2.05, 4.69) is 22.1 Å². The molecule has 0 radical (unpaired) electrons. The number of nitrogens with one attached hydrogen (secondary N) is 1. The van der Waals surface area contributed by atoms with Gasteiger partial charge in [-0.3, -0.25) is 4.79 Å². The van der Waals surface area contributed by atoms with E-state index < -0.39 is 0 Å². The lowest BCUT2D eigenvalue weighted by Crippen LogP contribution is -2.08. The zero-order valence-corrected chi connectivity index (χ0v) is 12.2. The van der Waals surface area contributed by atoms with Gasteiger partial charge in [-0.25, -0.2) is 4.98 Å². The first kappa shape index (κ1) is 14.6. The van der Waals surface area contributed by atoms with E-state index in [1.54, 1.807) is 25.3 Å². The third-order valence-corrected chi connectivity index (χ3v) is 2.79. The van der Waals surface area contributed by atoms with E-state index >= 15 is 0 Å². The number of benzene rings is 1. The molecule has 1 heterocycles. The van der Waals surface area contributed by atoms with Crippen molar-refractivity contribution in [3.05, 3.63) is 47.7 Å². The number of aryl methyl sites for hydroxylation is 2. The molecule has 0 atom stereocenters. The second kappa shape index (κ2) is 6.58. The van der Waals surface area contributed by atoms with Gasteiger partial charge in [0.1, 0.15) is 5.75 Å². The molecule has 1 aromatic carbocycles. The lowest BCUT2D eigenvalue weighted by molar-refractivity contribution is -0.111. The van der Waals surface area contributed by atoms with Gasteiger partial charge in [-0.15, -0.1) is 0 Å². The van der Waals surface area contributed by atoms with Crippen LogP contribution in [0, 0.1) is 25.7 Å².